The summed E-state index contributed by atoms with van der Waals surface area (Å²) in [7, 11) is 0. The van der Waals surface area contributed by atoms with E-state index < -0.39 is 18.3 Å². The van der Waals surface area contributed by atoms with Crippen molar-refractivity contribution in [3.63, 3.8) is 0 Å². The smallest absolute Gasteiger partial charge is 0.387 e. The van der Waals surface area contributed by atoms with Crippen LogP contribution in [0.25, 0.3) is 5.57 Å². The molecule has 0 atom stereocenters. The Kier molecular flexibility index (Phi) is 6.99. The van der Waals surface area contributed by atoms with Crippen molar-refractivity contribution in [1.29, 1.82) is 0 Å². The highest BCUT2D eigenvalue weighted by Gasteiger charge is 2.10. The lowest BCUT2D eigenvalue weighted by molar-refractivity contribution is -0.119. The molecule has 0 saturated heterocycles. The predicted molar refractivity (Wildman–Crippen MR) is 93.4 cm³/mol. The minimum atomic E-state index is -2.95. The van der Waals surface area contributed by atoms with Crippen molar-refractivity contribution in [2.75, 3.05) is 0 Å². The number of halogens is 3. The molecule has 0 radical (unpaired) electrons. The number of aromatic nitrogens is 1. The lowest BCUT2D eigenvalue weighted by atomic mass is 10.1. The summed E-state index contributed by atoms with van der Waals surface area (Å²) in [5.41, 5.74) is 0.803. The highest BCUT2D eigenvalue weighted by molar-refractivity contribution is 5.81. The molecule has 0 unspecified atom stereocenters. The molecule has 0 aliphatic heterocycles. The largest absolute Gasteiger partial charge is 0.444 e. The molecule has 0 spiro atoms. The molecule has 0 aliphatic rings. The fraction of sp³-hybridized carbons (Fsp3) is 0.158. The first-order valence-electron chi connectivity index (χ1n) is 7.82. The lowest BCUT2D eigenvalue weighted by Crippen LogP contribution is -2.23. The van der Waals surface area contributed by atoms with E-state index in [1.165, 1.54) is 43.8 Å². The van der Waals surface area contributed by atoms with Crippen molar-refractivity contribution < 1.29 is 27.1 Å². The maximum atomic E-state index is 14.3. The van der Waals surface area contributed by atoms with E-state index in [1.807, 2.05) is 0 Å². The van der Waals surface area contributed by atoms with Gasteiger partial charge in [-0.25, -0.2) is 9.37 Å². The van der Waals surface area contributed by atoms with Crippen LogP contribution in [0.1, 0.15) is 18.2 Å². The maximum absolute atomic E-state index is 14.3. The Balaban J connectivity index is 2.07. The third-order valence-electron chi connectivity index (χ3n) is 3.43. The van der Waals surface area contributed by atoms with Crippen LogP contribution in [0.15, 0.2) is 71.5 Å². The Bertz CT molecular complexity index is 859. The van der Waals surface area contributed by atoms with Crippen molar-refractivity contribution in [3.05, 3.63) is 78.4 Å². The van der Waals surface area contributed by atoms with Gasteiger partial charge in [-0.15, -0.1) is 0 Å². The second-order valence-corrected chi connectivity index (χ2v) is 5.39. The average molecular weight is 378 g/mol. The summed E-state index contributed by atoms with van der Waals surface area (Å²) in [5.74, 6) is -0.893. The van der Waals surface area contributed by atoms with Gasteiger partial charge in [0.05, 0.1) is 12.6 Å². The minimum absolute atomic E-state index is 0.0496. The Labute approximate surface area is 153 Å². The highest BCUT2D eigenvalue weighted by Crippen LogP contribution is 2.20. The van der Waals surface area contributed by atoms with E-state index in [4.69, 9.17) is 4.42 Å². The van der Waals surface area contributed by atoms with E-state index in [9.17, 15) is 18.0 Å². The van der Waals surface area contributed by atoms with Crippen LogP contribution in [0, 0.1) is 0 Å². The standard InChI is InChI=1S/C19H17F3N2O3/c1-3-14(9-16(20)12(2)17-10-23-11-26-17)24-18(25)8-13-5-4-6-15(7-13)27-19(21)22/h3-7,9-11,19H,1,8H2,2H3,(H,24,25)/b14-9+,16-12-. The van der Waals surface area contributed by atoms with Gasteiger partial charge in [0.25, 0.3) is 0 Å². The van der Waals surface area contributed by atoms with Crippen LogP contribution in [0.4, 0.5) is 13.2 Å². The first-order chi connectivity index (χ1) is 12.9. The van der Waals surface area contributed by atoms with Crippen molar-refractivity contribution in [1.82, 2.24) is 10.3 Å². The van der Waals surface area contributed by atoms with E-state index >= 15 is 0 Å². The van der Waals surface area contributed by atoms with Gasteiger partial charge in [-0.3, -0.25) is 4.79 Å². The zero-order chi connectivity index (χ0) is 19.8. The molecule has 2 aromatic rings. The SMILES string of the molecule is C=C/C(=C\C(F)=C(/C)c1cnco1)NC(=O)Cc1cccc(OC(F)F)c1. The van der Waals surface area contributed by atoms with Gasteiger partial charge in [-0.05, 0) is 36.8 Å². The molecule has 1 aromatic carbocycles. The van der Waals surface area contributed by atoms with Crippen LogP contribution in [0.2, 0.25) is 0 Å². The third-order valence-corrected chi connectivity index (χ3v) is 3.43. The van der Waals surface area contributed by atoms with Gasteiger partial charge >= 0.3 is 6.61 Å². The number of rotatable bonds is 8. The molecule has 0 aliphatic carbocycles. The van der Waals surface area contributed by atoms with Crippen LogP contribution >= 0.6 is 0 Å². The topological polar surface area (TPSA) is 64.4 Å². The number of ether oxygens (including phenoxy) is 1. The Morgan fingerprint density at radius 3 is 2.85 bits per heavy atom. The van der Waals surface area contributed by atoms with E-state index in [1.54, 1.807) is 6.07 Å². The van der Waals surface area contributed by atoms with Crippen LogP contribution in [-0.4, -0.2) is 17.5 Å². The third kappa shape index (κ3) is 6.18. The molecule has 0 saturated carbocycles. The number of alkyl halides is 2. The number of allylic oxidation sites excluding steroid dienone is 4. The van der Waals surface area contributed by atoms with E-state index in [-0.39, 0.29) is 29.2 Å². The van der Waals surface area contributed by atoms with Crippen LogP contribution in [0.5, 0.6) is 5.75 Å². The molecular weight excluding hydrogens is 361 g/mol. The predicted octanol–water partition coefficient (Wildman–Crippen LogP) is 4.41. The lowest BCUT2D eigenvalue weighted by Gasteiger charge is -2.08. The van der Waals surface area contributed by atoms with E-state index in [0.717, 1.165) is 6.08 Å². The number of benzene rings is 1. The summed E-state index contributed by atoms with van der Waals surface area (Å²) in [6, 6.07) is 5.77. The summed E-state index contributed by atoms with van der Waals surface area (Å²) in [6.45, 7) is 2.08. The molecule has 1 N–H and O–H groups in total. The number of amides is 1. The van der Waals surface area contributed by atoms with Crippen LogP contribution < -0.4 is 10.1 Å². The number of hydrogen-bond donors (Lipinski definition) is 1. The zero-order valence-corrected chi connectivity index (χ0v) is 14.4. The summed E-state index contributed by atoms with van der Waals surface area (Å²) in [6.07, 6.45) is 4.81. The summed E-state index contributed by atoms with van der Waals surface area (Å²) in [5, 5.41) is 2.50. The number of oxazole rings is 1. The zero-order valence-electron chi connectivity index (χ0n) is 14.4. The Morgan fingerprint density at radius 2 is 2.22 bits per heavy atom. The summed E-state index contributed by atoms with van der Waals surface area (Å²) in [4.78, 5) is 15.8. The quantitative estimate of drug-likeness (QED) is 0.692. The van der Waals surface area contributed by atoms with Crippen LogP contribution in [0.3, 0.4) is 0 Å². The molecule has 1 aromatic heterocycles. The van der Waals surface area contributed by atoms with Gasteiger partial charge in [0, 0.05) is 11.3 Å². The molecule has 1 heterocycles. The molecule has 142 valence electrons. The van der Waals surface area contributed by atoms with Gasteiger partial charge < -0.3 is 14.5 Å². The van der Waals surface area contributed by atoms with Gasteiger partial charge in [-0.1, -0.05) is 18.7 Å². The van der Waals surface area contributed by atoms with Crippen LogP contribution in [-0.2, 0) is 11.2 Å². The van der Waals surface area contributed by atoms with Gasteiger partial charge in [0.2, 0.25) is 5.91 Å². The van der Waals surface area contributed by atoms with Crippen molar-refractivity contribution in [2.45, 2.75) is 20.0 Å². The summed E-state index contributed by atoms with van der Waals surface area (Å²) >= 11 is 0. The van der Waals surface area contributed by atoms with E-state index in [0.29, 0.717) is 5.56 Å². The normalized spacial score (nSPS) is 12.6. The number of hydrogen-bond acceptors (Lipinski definition) is 4. The molecule has 27 heavy (non-hydrogen) atoms. The summed E-state index contributed by atoms with van der Waals surface area (Å²) < 4.78 is 48.1. The van der Waals surface area contributed by atoms with Gasteiger partial charge in [0.15, 0.2) is 12.2 Å². The minimum Gasteiger partial charge on any atom is -0.444 e. The molecule has 8 heteroatoms. The van der Waals surface area contributed by atoms with Crippen molar-refractivity contribution >= 4 is 11.5 Å². The van der Waals surface area contributed by atoms with Gasteiger partial charge in [-0.2, -0.15) is 8.78 Å². The number of nitrogens with zero attached hydrogens (tertiary/aromatic N) is 1. The first-order valence-corrected chi connectivity index (χ1v) is 7.82. The molecule has 0 fully saturated rings. The monoisotopic (exact) mass is 378 g/mol. The Hall–Kier alpha value is -3.29. The highest BCUT2D eigenvalue weighted by atomic mass is 19.3. The average Bonchev–Trinajstić information content (AvgIpc) is 3.14. The fourth-order valence-electron chi connectivity index (χ4n) is 2.13. The molecule has 2 rings (SSSR count). The van der Waals surface area contributed by atoms with Crippen molar-refractivity contribution in [2.24, 2.45) is 0 Å². The van der Waals surface area contributed by atoms with E-state index in [2.05, 4.69) is 21.6 Å². The molecular formula is C19H17F3N2O3. The number of carbonyl (C=O) groups excluding carboxylic acids is 1. The first kappa shape index (κ1) is 20.0. The van der Waals surface area contributed by atoms with Crippen molar-refractivity contribution in [3.8, 4) is 5.75 Å². The second kappa shape index (κ2) is 9.42. The maximum Gasteiger partial charge on any atom is 0.387 e. The molecule has 5 nitrogen and oxygen atoms in total. The van der Waals surface area contributed by atoms with Gasteiger partial charge in [0.1, 0.15) is 11.6 Å². The molecule has 0 bridgehead atoms. The fourth-order valence-corrected chi connectivity index (χ4v) is 2.13. The number of carbonyl (C=O) groups is 1. The second-order valence-electron chi connectivity index (χ2n) is 5.39. The Morgan fingerprint density at radius 1 is 1.44 bits per heavy atom. The molecule has 1 amide bonds. The number of nitrogens with one attached hydrogen (secondary N) is 1.